The van der Waals surface area contributed by atoms with E-state index in [-0.39, 0.29) is 59.1 Å². The number of rotatable bonds is 33. The van der Waals surface area contributed by atoms with E-state index in [4.69, 9.17) is 23.7 Å². The summed E-state index contributed by atoms with van der Waals surface area (Å²) in [6.07, 6.45) is -10.3. The van der Waals surface area contributed by atoms with Crippen LogP contribution in [0.15, 0.2) is 60.7 Å². The second-order valence-electron chi connectivity index (χ2n) is 27.6. The number of imide groups is 1. The predicted molar refractivity (Wildman–Crippen MR) is 353 cm³/mol. The predicted octanol–water partition coefficient (Wildman–Crippen LogP) is 2.12. The summed E-state index contributed by atoms with van der Waals surface area (Å²) in [6, 6.07) is 8.17. The molecule has 540 valence electrons. The van der Waals surface area contributed by atoms with E-state index in [0.29, 0.717) is 41.8 Å². The first-order valence-corrected chi connectivity index (χ1v) is 33.0. The molecule has 3 heterocycles. The van der Waals surface area contributed by atoms with Gasteiger partial charge in [0.25, 0.3) is 17.7 Å². The van der Waals surface area contributed by atoms with Gasteiger partial charge in [-0.25, -0.2) is 9.59 Å². The molecule has 9 amide bonds. The second kappa shape index (κ2) is 35.2. The number of aliphatic carboxylic acids is 1. The van der Waals surface area contributed by atoms with Gasteiger partial charge in [-0.2, -0.15) is 0 Å². The van der Waals surface area contributed by atoms with Gasteiger partial charge in [0.2, 0.25) is 35.8 Å². The van der Waals surface area contributed by atoms with Crippen molar-refractivity contribution in [2.45, 2.75) is 206 Å². The number of carbonyl (C=O) groups is 10. The quantitative estimate of drug-likeness (QED) is 0.0361. The topological polar surface area (TPSA) is 388 Å². The molecule has 29 heteroatoms. The number of nitrogens with one attached hydrogen (secondary N) is 5. The summed E-state index contributed by atoms with van der Waals surface area (Å²) in [6.45, 7) is 19.1. The monoisotopic (exact) mass is 1370 g/mol. The maximum Gasteiger partial charge on any atom is 0.407 e. The van der Waals surface area contributed by atoms with E-state index in [1.165, 1.54) is 26.4 Å². The molecule has 29 nitrogen and oxygen atoms in total. The molecule has 3 aliphatic rings. The minimum Gasteiger partial charge on any atom is -0.479 e. The molecule has 16 atom stereocenters. The van der Waals surface area contributed by atoms with Crippen LogP contribution < -0.4 is 31.3 Å². The number of alkyl carbamates (subject to hydrolysis) is 1. The molecule has 5 rings (SSSR count). The molecule has 2 aromatic carbocycles. The first-order valence-electron chi connectivity index (χ1n) is 33.0. The third-order valence-electron chi connectivity index (χ3n) is 18.0. The molecule has 0 bridgehead atoms. The summed E-state index contributed by atoms with van der Waals surface area (Å²) in [5.41, 5.74) is 0.116. The Balaban J connectivity index is 1.35. The fourth-order valence-electron chi connectivity index (χ4n) is 12.9. The van der Waals surface area contributed by atoms with E-state index in [9.17, 15) is 68.7 Å². The van der Waals surface area contributed by atoms with Crippen LogP contribution in [-0.4, -0.2) is 244 Å². The van der Waals surface area contributed by atoms with Crippen molar-refractivity contribution in [3.05, 3.63) is 71.8 Å². The Morgan fingerprint density at radius 1 is 0.814 bits per heavy atom. The summed E-state index contributed by atoms with van der Waals surface area (Å²) >= 11 is 0. The number of amides is 9. The number of likely N-dealkylation sites (N-methyl/N-ethyl adjacent to an activating group) is 2. The first kappa shape index (κ1) is 80.0. The number of benzene rings is 2. The average molecular weight is 1370 g/mol. The SMILES string of the molecule is CC[C@H](C)[C@@H]([C@@H](CC(=O)N1CCC[C@H]1[C@H](OC)[C@@H](C)C(=O)N[C@H](C)[C@@H](O)c1ccccc1)OC)N(C)C(=O)[C@@H](NC(=O)[C@H](C(C)C)[N+](C)(C)Cc1ccc(O[C@@H]2O[C@H](C(=O)O)[C@@H](O)[C@H](O)[C@H]2O)c(NC(=O)CCNC(=O)[C@H](CNC(=O)OC(C)(C)C)N2C(=O)C=CC2=O)c1)C(C)C. The van der Waals surface area contributed by atoms with Crippen LogP contribution in [0.5, 0.6) is 5.75 Å². The van der Waals surface area contributed by atoms with Gasteiger partial charge in [0.05, 0.1) is 75.1 Å². The molecule has 3 aliphatic heterocycles. The maximum absolute atomic E-state index is 15.1. The Labute approximate surface area is 567 Å². The third-order valence-corrected chi connectivity index (χ3v) is 18.0. The van der Waals surface area contributed by atoms with Crippen LogP contribution in [-0.2, 0) is 68.6 Å². The van der Waals surface area contributed by atoms with E-state index in [2.05, 4.69) is 26.6 Å². The molecule has 97 heavy (non-hydrogen) atoms. The van der Waals surface area contributed by atoms with E-state index < -0.39 is 163 Å². The Hall–Kier alpha value is -7.64. The van der Waals surface area contributed by atoms with Crippen molar-refractivity contribution in [2.24, 2.45) is 23.7 Å². The minimum atomic E-state index is -2.05. The maximum atomic E-state index is 15.1. The third kappa shape index (κ3) is 20.9. The molecule has 2 saturated heterocycles. The zero-order valence-corrected chi connectivity index (χ0v) is 58.7. The lowest BCUT2D eigenvalue weighted by Crippen LogP contribution is -2.63. The first-order chi connectivity index (χ1) is 45.4. The lowest BCUT2D eigenvalue weighted by Gasteiger charge is -2.42. The van der Waals surface area contributed by atoms with Crippen molar-refractivity contribution in [1.29, 1.82) is 0 Å². The molecule has 0 aliphatic carbocycles. The number of hydrogen-bond acceptors (Lipinski definition) is 19. The van der Waals surface area contributed by atoms with Gasteiger partial charge in [-0.05, 0) is 76.1 Å². The summed E-state index contributed by atoms with van der Waals surface area (Å²) < 4.78 is 28.6. The zero-order valence-electron chi connectivity index (χ0n) is 58.7. The summed E-state index contributed by atoms with van der Waals surface area (Å²) in [4.78, 5) is 140. The number of aliphatic hydroxyl groups excluding tert-OH is 4. The summed E-state index contributed by atoms with van der Waals surface area (Å²) in [5, 5.41) is 66.3. The lowest BCUT2D eigenvalue weighted by molar-refractivity contribution is -0.922. The van der Waals surface area contributed by atoms with Gasteiger partial charge in [-0.15, -0.1) is 0 Å². The van der Waals surface area contributed by atoms with E-state index in [1.807, 2.05) is 33.8 Å². The molecule has 0 aromatic heterocycles. The van der Waals surface area contributed by atoms with Gasteiger partial charge < -0.3 is 90.1 Å². The molecule has 2 aromatic rings. The number of hydrogen-bond donors (Lipinski definition) is 10. The van der Waals surface area contributed by atoms with Gasteiger partial charge in [0.1, 0.15) is 48.3 Å². The Kier molecular flexibility index (Phi) is 29.1. The fourth-order valence-corrected chi connectivity index (χ4v) is 12.9. The van der Waals surface area contributed by atoms with Gasteiger partial charge in [-0.3, -0.25) is 43.3 Å². The number of carboxylic acid groups (broad SMARTS) is 1. The highest BCUT2D eigenvalue weighted by atomic mass is 16.7. The van der Waals surface area contributed by atoms with Crippen LogP contribution in [0.2, 0.25) is 0 Å². The van der Waals surface area contributed by atoms with Gasteiger partial charge >= 0.3 is 12.1 Å². The minimum absolute atomic E-state index is 0.0565. The van der Waals surface area contributed by atoms with Crippen molar-refractivity contribution in [3.63, 3.8) is 0 Å². The van der Waals surface area contributed by atoms with Gasteiger partial charge in [-0.1, -0.05) is 85.2 Å². The molecular formula is C68H104N9O20+. The van der Waals surface area contributed by atoms with Crippen LogP contribution in [0, 0.1) is 23.7 Å². The second-order valence-corrected chi connectivity index (χ2v) is 27.6. The van der Waals surface area contributed by atoms with Crippen LogP contribution in [0.4, 0.5) is 10.5 Å². The van der Waals surface area contributed by atoms with Crippen molar-refractivity contribution in [3.8, 4) is 5.75 Å². The van der Waals surface area contributed by atoms with Crippen molar-refractivity contribution in [1.82, 2.24) is 36.0 Å². The van der Waals surface area contributed by atoms with E-state index in [1.54, 1.807) is 110 Å². The molecule has 0 unspecified atom stereocenters. The fraction of sp³-hybridized carbons (Fsp3) is 0.647. The number of methoxy groups -OCH3 is 2. The largest absolute Gasteiger partial charge is 0.479 e. The van der Waals surface area contributed by atoms with Crippen LogP contribution in [0.25, 0.3) is 0 Å². The lowest BCUT2D eigenvalue weighted by atomic mass is 9.89. The van der Waals surface area contributed by atoms with Crippen LogP contribution in [0.1, 0.15) is 125 Å². The number of quaternary nitrogens is 1. The van der Waals surface area contributed by atoms with Crippen molar-refractivity contribution >= 4 is 65.0 Å². The number of likely N-dealkylation sites (tertiary alicyclic amines) is 1. The standard InChI is InChI=1S/C68H103N9O20/c1-17-38(6)53(47(93-15)33-51(81)75-31-21-24-44(75)59(94-16)39(7)61(86)71-40(8)55(82)42-22-19-18-20-23-42)74(12)64(89)52(36(2)3)73-63(88)54(37(4)5)77(13,14)35-41-25-26-46(95-66-58(85)56(83)57(84)60(96-66)65(90)91)43(32-41)72-48(78)29-30-69-62(87)45(76-49(79)27-28-50(76)80)34-70-67(92)97-68(9,10)11/h18-20,22-23,25-28,32,36-40,44-45,47,52-60,66,82-85H,17,21,24,29-31,33-35H2,1-16H3,(H5-,69,70,71,72,73,78,86,87,88,90,91,92)/p+1/t38-,39+,40+,44-,45-,47+,52-,53-,54-,55+,56-,57-,58+,59+,60-,66+/m0/s1. The smallest absolute Gasteiger partial charge is 0.407 e. The molecule has 0 spiro atoms. The van der Waals surface area contributed by atoms with Gasteiger partial charge in [0, 0.05) is 64.4 Å². The highest BCUT2D eigenvalue weighted by molar-refractivity contribution is 6.15. The zero-order chi connectivity index (χ0) is 72.7. The average Bonchev–Trinajstić information content (AvgIpc) is 1.27. The summed E-state index contributed by atoms with van der Waals surface area (Å²) in [7, 11) is 8.21. The number of nitrogens with zero attached hydrogens (tertiary/aromatic N) is 4. The Morgan fingerprint density at radius 3 is 2.02 bits per heavy atom. The van der Waals surface area contributed by atoms with E-state index in [0.717, 1.165) is 12.2 Å². The molecule has 0 saturated carbocycles. The number of aliphatic hydroxyl groups is 4. The molecular weight excluding hydrogens is 1260 g/mol. The molecule has 10 N–H and O–H groups in total. The normalized spacial score (nSPS) is 22.1. The number of carboxylic acids is 1. The van der Waals surface area contributed by atoms with Crippen LogP contribution >= 0.6 is 0 Å². The Bertz CT molecular complexity index is 3090. The number of anilines is 1. The Morgan fingerprint density at radius 2 is 1.45 bits per heavy atom. The van der Waals surface area contributed by atoms with Crippen LogP contribution in [0.3, 0.4) is 0 Å². The number of ether oxygens (including phenoxy) is 5. The van der Waals surface area contributed by atoms with E-state index >= 15 is 4.79 Å². The molecule has 2 fully saturated rings. The van der Waals surface area contributed by atoms with Gasteiger partial charge in [0.15, 0.2) is 12.1 Å². The summed E-state index contributed by atoms with van der Waals surface area (Å²) in [5.74, 6) is -8.45. The highest BCUT2D eigenvalue weighted by Gasteiger charge is 2.49. The molecule has 0 radical (unpaired) electrons. The van der Waals surface area contributed by atoms with Crippen molar-refractivity contribution < 1.29 is 102 Å². The number of carbonyl (C=O) groups excluding carboxylic acids is 9. The highest BCUT2D eigenvalue weighted by Crippen LogP contribution is 2.34. The van der Waals surface area contributed by atoms with Crippen molar-refractivity contribution in [2.75, 3.05) is 60.3 Å².